The first kappa shape index (κ1) is 14.4. The second kappa shape index (κ2) is 7.53. The monoisotopic (exact) mass is 272 g/mol. The fourth-order valence-corrected chi connectivity index (χ4v) is 2.09. The van der Waals surface area contributed by atoms with Gasteiger partial charge in [0.15, 0.2) is 0 Å². The molecule has 3 heteroatoms. The minimum absolute atomic E-state index is 0.420. The topological polar surface area (TPSA) is 35.5 Å². The number of carbonyl (C=O) groups excluding carboxylic acids is 1. The van der Waals surface area contributed by atoms with Gasteiger partial charge in [-0.2, -0.15) is 0 Å². The van der Waals surface area contributed by atoms with Crippen molar-refractivity contribution in [1.82, 2.24) is 0 Å². The molecule has 2 rings (SSSR count). The van der Waals surface area contributed by atoms with E-state index in [-0.39, 0.29) is 0 Å². The summed E-state index contributed by atoms with van der Waals surface area (Å²) < 4.78 is 10.4. The highest BCUT2D eigenvalue weighted by atomic mass is 16.7. The molecule has 3 nitrogen and oxygen atoms in total. The molecule has 0 aliphatic heterocycles. The van der Waals surface area contributed by atoms with E-state index in [1.165, 1.54) is 12.8 Å². The lowest BCUT2D eigenvalue weighted by Crippen LogP contribution is -2.11. The average Bonchev–Trinajstić information content (AvgIpc) is 2.47. The molecule has 2 aromatic carbocycles. The van der Waals surface area contributed by atoms with Crippen LogP contribution in [0.5, 0.6) is 5.75 Å². The largest absolute Gasteiger partial charge is 0.513 e. The molecular weight excluding hydrogens is 252 g/mol. The fraction of sp³-hybridized carbons (Fsp3) is 0.353. The summed E-state index contributed by atoms with van der Waals surface area (Å²) in [5.74, 6) is 0.543. The van der Waals surface area contributed by atoms with Gasteiger partial charge in [0.1, 0.15) is 5.75 Å². The first-order valence-electron chi connectivity index (χ1n) is 7.13. The summed E-state index contributed by atoms with van der Waals surface area (Å²) in [7, 11) is 0. The molecular formula is C17H20O3. The van der Waals surface area contributed by atoms with Crippen molar-refractivity contribution in [1.29, 1.82) is 0 Å². The van der Waals surface area contributed by atoms with Crippen LogP contribution in [-0.2, 0) is 4.74 Å². The van der Waals surface area contributed by atoms with Crippen molar-refractivity contribution >= 4 is 16.9 Å². The minimum atomic E-state index is -0.627. The van der Waals surface area contributed by atoms with E-state index >= 15 is 0 Å². The first-order chi connectivity index (χ1) is 9.81. The van der Waals surface area contributed by atoms with Crippen molar-refractivity contribution in [2.24, 2.45) is 0 Å². The summed E-state index contributed by atoms with van der Waals surface area (Å²) in [5.41, 5.74) is 0. The number of hydrogen-bond donors (Lipinski definition) is 0. The third kappa shape index (κ3) is 3.98. The van der Waals surface area contributed by atoms with Gasteiger partial charge in [0.2, 0.25) is 0 Å². The second-order valence-electron chi connectivity index (χ2n) is 4.74. The number of unbranched alkanes of at least 4 members (excludes halogenated alkanes) is 3. The van der Waals surface area contributed by atoms with Crippen LogP contribution in [0.25, 0.3) is 10.8 Å². The summed E-state index contributed by atoms with van der Waals surface area (Å²) in [6.45, 7) is 2.57. The summed E-state index contributed by atoms with van der Waals surface area (Å²) in [6.07, 6.45) is 3.68. The predicted molar refractivity (Wildman–Crippen MR) is 80.1 cm³/mol. The van der Waals surface area contributed by atoms with Crippen molar-refractivity contribution in [2.75, 3.05) is 6.61 Å². The maximum Gasteiger partial charge on any atom is 0.513 e. The molecule has 0 saturated heterocycles. The molecule has 0 radical (unpaired) electrons. The van der Waals surface area contributed by atoms with Crippen LogP contribution < -0.4 is 4.74 Å². The van der Waals surface area contributed by atoms with Gasteiger partial charge in [-0.05, 0) is 17.9 Å². The molecule has 0 aromatic heterocycles. The van der Waals surface area contributed by atoms with Crippen molar-refractivity contribution < 1.29 is 14.3 Å². The summed E-state index contributed by atoms with van der Waals surface area (Å²) >= 11 is 0. The van der Waals surface area contributed by atoms with Crippen LogP contribution in [0, 0.1) is 0 Å². The molecule has 0 saturated carbocycles. The Bertz CT molecular complexity index is 558. The number of benzene rings is 2. The highest BCUT2D eigenvalue weighted by molar-refractivity contribution is 5.89. The SMILES string of the molecule is CCCCCCOC(=O)Oc1cccc2ccccc12. The van der Waals surface area contributed by atoms with Gasteiger partial charge >= 0.3 is 6.16 Å². The van der Waals surface area contributed by atoms with Gasteiger partial charge in [0.05, 0.1) is 6.61 Å². The summed E-state index contributed by atoms with van der Waals surface area (Å²) in [6, 6.07) is 13.4. The maximum absolute atomic E-state index is 11.6. The van der Waals surface area contributed by atoms with E-state index in [0.29, 0.717) is 12.4 Å². The highest BCUT2D eigenvalue weighted by Gasteiger charge is 2.08. The van der Waals surface area contributed by atoms with Gasteiger partial charge in [-0.1, -0.05) is 62.6 Å². The van der Waals surface area contributed by atoms with E-state index in [1.807, 2.05) is 36.4 Å². The van der Waals surface area contributed by atoms with E-state index in [2.05, 4.69) is 6.92 Å². The number of ether oxygens (including phenoxy) is 2. The van der Waals surface area contributed by atoms with Crippen LogP contribution in [0.2, 0.25) is 0 Å². The van der Waals surface area contributed by atoms with Crippen LogP contribution in [-0.4, -0.2) is 12.8 Å². The van der Waals surface area contributed by atoms with Crippen molar-refractivity contribution in [3.8, 4) is 5.75 Å². The van der Waals surface area contributed by atoms with E-state index in [9.17, 15) is 4.79 Å². The van der Waals surface area contributed by atoms with Gasteiger partial charge in [0.25, 0.3) is 0 Å². The predicted octanol–water partition coefficient (Wildman–Crippen LogP) is 4.94. The van der Waals surface area contributed by atoms with Crippen LogP contribution in [0.3, 0.4) is 0 Å². The maximum atomic E-state index is 11.6. The van der Waals surface area contributed by atoms with Gasteiger partial charge in [-0.25, -0.2) is 4.79 Å². The zero-order valence-corrected chi connectivity index (χ0v) is 11.8. The molecule has 0 aliphatic rings. The van der Waals surface area contributed by atoms with Crippen molar-refractivity contribution in [3.05, 3.63) is 42.5 Å². The van der Waals surface area contributed by atoms with Gasteiger partial charge in [-0.3, -0.25) is 0 Å². The third-order valence-corrected chi connectivity index (χ3v) is 3.16. The van der Waals surface area contributed by atoms with Crippen LogP contribution in [0.1, 0.15) is 32.6 Å². The Balaban J connectivity index is 1.90. The lowest BCUT2D eigenvalue weighted by atomic mass is 10.1. The number of carbonyl (C=O) groups is 1. The van der Waals surface area contributed by atoms with E-state index in [1.54, 1.807) is 6.07 Å². The van der Waals surface area contributed by atoms with Gasteiger partial charge in [-0.15, -0.1) is 0 Å². The molecule has 0 atom stereocenters. The molecule has 0 spiro atoms. The van der Waals surface area contributed by atoms with E-state index in [0.717, 1.165) is 23.6 Å². The Labute approximate surface area is 119 Å². The molecule has 106 valence electrons. The Morgan fingerprint density at radius 3 is 2.65 bits per heavy atom. The molecule has 0 unspecified atom stereocenters. The van der Waals surface area contributed by atoms with Gasteiger partial charge < -0.3 is 9.47 Å². The average molecular weight is 272 g/mol. The molecule has 0 aliphatic carbocycles. The zero-order valence-electron chi connectivity index (χ0n) is 11.8. The standard InChI is InChI=1S/C17H20O3/c1-2-3-4-7-13-19-17(18)20-16-12-8-10-14-9-5-6-11-15(14)16/h5-6,8-12H,2-4,7,13H2,1H3. The zero-order chi connectivity index (χ0) is 14.2. The molecule has 0 N–H and O–H groups in total. The fourth-order valence-electron chi connectivity index (χ4n) is 2.09. The Morgan fingerprint density at radius 2 is 1.80 bits per heavy atom. The summed E-state index contributed by atoms with van der Waals surface area (Å²) in [4.78, 5) is 11.6. The molecule has 0 bridgehead atoms. The number of rotatable bonds is 6. The normalized spacial score (nSPS) is 10.4. The van der Waals surface area contributed by atoms with Crippen molar-refractivity contribution in [2.45, 2.75) is 32.6 Å². The molecule has 0 heterocycles. The van der Waals surface area contributed by atoms with Crippen molar-refractivity contribution in [3.63, 3.8) is 0 Å². The second-order valence-corrected chi connectivity index (χ2v) is 4.74. The minimum Gasteiger partial charge on any atom is -0.434 e. The lowest BCUT2D eigenvalue weighted by Gasteiger charge is -2.08. The Hall–Kier alpha value is -2.03. The quantitative estimate of drug-likeness (QED) is 0.424. The Morgan fingerprint density at radius 1 is 1.00 bits per heavy atom. The Kier molecular flexibility index (Phi) is 5.42. The van der Waals surface area contributed by atoms with E-state index in [4.69, 9.17) is 9.47 Å². The highest BCUT2D eigenvalue weighted by Crippen LogP contribution is 2.25. The number of fused-ring (bicyclic) bond motifs is 1. The van der Waals surface area contributed by atoms with Crippen LogP contribution >= 0.6 is 0 Å². The molecule has 2 aromatic rings. The molecule has 0 fully saturated rings. The summed E-state index contributed by atoms with van der Waals surface area (Å²) in [5, 5.41) is 1.96. The van der Waals surface area contributed by atoms with Crippen LogP contribution in [0.4, 0.5) is 4.79 Å². The lowest BCUT2D eigenvalue weighted by molar-refractivity contribution is 0.0978. The smallest absolute Gasteiger partial charge is 0.434 e. The van der Waals surface area contributed by atoms with E-state index < -0.39 is 6.16 Å². The van der Waals surface area contributed by atoms with Gasteiger partial charge in [0, 0.05) is 5.39 Å². The first-order valence-corrected chi connectivity index (χ1v) is 7.13. The third-order valence-electron chi connectivity index (χ3n) is 3.16. The number of hydrogen-bond acceptors (Lipinski definition) is 3. The molecule has 0 amide bonds. The molecule has 20 heavy (non-hydrogen) atoms. The van der Waals surface area contributed by atoms with Crippen LogP contribution in [0.15, 0.2) is 42.5 Å².